The SMILES string of the molecule is CN(C)CCCN(C)CCOc1ccc(CC(=O)O)cc1. The lowest BCUT2D eigenvalue weighted by atomic mass is 10.1. The molecule has 0 aliphatic rings. The maximum Gasteiger partial charge on any atom is 0.307 e. The van der Waals surface area contributed by atoms with Gasteiger partial charge in [-0.15, -0.1) is 0 Å². The second-order valence-electron chi connectivity index (χ2n) is 5.52. The summed E-state index contributed by atoms with van der Waals surface area (Å²) < 4.78 is 5.66. The van der Waals surface area contributed by atoms with Crippen molar-refractivity contribution in [2.24, 2.45) is 0 Å². The van der Waals surface area contributed by atoms with Crippen LogP contribution in [0.4, 0.5) is 0 Å². The molecule has 0 radical (unpaired) electrons. The van der Waals surface area contributed by atoms with Crippen molar-refractivity contribution < 1.29 is 14.6 Å². The molecule has 0 bridgehead atoms. The molecule has 0 aliphatic heterocycles. The molecule has 0 unspecified atom stereocenters. The second kappa shape index (κ2) is 9.37. The van der Waals surface area contributed by atoms with Gasteiger partial charge in [-0.05, 0) is 58.3 Å². The molecule has 5 nitrogen and oxygen atoms in total. The number of nitrogens with zero attached hydrogens (tertiary/aromatic N) is 2. The predicted molar refractivity (Wildman–Crippen MR) is 83.9 cm³/mol. The fourth-order valence-corrected chi connectivity index (χ4v) is 1.97. The van der Waals surface area contributed by atoms with E-state index in [1.54, 1.807) is 12.1 Å². The lowest BCUT2D eigenvalue weighted by molar-refractivity contribution is -0.136. The van der Waals surface area contributed by atoms with Crippen LogP contribution in [0.15, 0.2) is 24.3 Å². The molecule has 118 valence electrons. The van der Waals surface area contributed by atoms with Crippen LogP contribution in [0.1, 0.15) is 12.0 Å². The van der Waals surface area contributed by atoms with E-state index in [1.165, 1.54) is 0 Å². The third-order valence-electron chi connectivity index (χ3n) is 3.17. The molecular weight excluding hydrogens is 268 g/mol. The molecular formula is C16H26N2O3. The Labute approximate surface area is 127 Å². The molecule has 0 aromatic heterocycles. The first kappa shape index (κ1) is 17.5. The van der Waals surface area contributed by atoms with Crippen molar-refractivity contribution in [2.75, 3.05) is 47.4 Å². The van der Waals surface area contributed by atoms with E-state index in [4.69, 9.17) is 9.84 Å². The number of hydrogen-bond donors (Lipinski definition) is 1. The topological polar surface area (TPSA) is 53.0 Å². The van der Waals surface area contributed by atoms with E-state index in [2.05, 4.69) is 30.9 Å². The number of ether oxygens (including phenoxy) is 1. The van der Waals surface area contributed by atoms with Gasteiger partial charge in [0, 0.05) is 6.54 Å². The number of aliphatic carboxylic acids is 1. The van der Waals surface area contributed by atoms with Gasteiger partial charge in [0.15, 0.2) is 0 Å². The van der Waals surface area contributed by atoms with Crippen LogP contribution in [0.3, 0.4) is 0 Å². The summed E-state index contributed by atoms with van der Waals surface area (Å²) in [6, 6.07) is 7.24. The van der Waals surface area contributed by atoms with Gasteiger partial charge in [-0.2, -0.15) is 0 Å². The molecule has 1 aromatic rings. The summed E-state index contributed by atoms with van der Waals surface area (Å²) in [6.07, 6.45) is 1.20. The zero-order valence-electron chi connectivity index (χ0n) is 13.2. The molecule has 21 heavy (non-hydrogen) atoms. The molecule has 1 N–H and O–H groups in total. The molecule has 0 spiro atoms. The van der Waals surface area contributed by atoms with Gasteiger partial charge < -0.3 is 19.6 Å². The Morgan fingerprint density at radius 1 is 1.10 bits per heavy atom. The lowest BCUT2D eigenvalue weighted by Gasteiger charge is -2.18. The number of likely N-dealkylation sites (N-methyl/N-ethyl adjacent to an activating group) is 1. The van der Waals surface area contributed by atoms with Gasteiger partial charge in [-0.3, -0.25) is 4.79 Å². The lowest BCUT2D eigenvalue weighted by Crippen LogP contribution is -2.27. The van der Waals surface area contributed by atoms with Crippen molar-refractivity contribution in [3.8, 4) is 5.75 Å². The van der Waals surface area contributed by atoms with E-state index in [1.807, 2.05) is 12.1 Å². The summed E-state index contributed by atoms with van der Waals surface area (Å²) in [5.41, 5.74) is 0.788. The average Bonchev–Trinajstić information content (AvgIpc) is 2.39. The van der Waals surface area contributed by atoms with Crippen molar-refractivity contribution >= 4 is 5.97 Å². The number of benzene rings is 1. The van der Waals surface area contributed by atoms with E-state index in [-0.39, 0.29) is 6.42 Å². The van der Waals surface area contributed by atoms with Crippen molar-refractivity contribution in [3.05, 3.63) is 29.8 Å². The average molecular weight is 294 g/mol. The number of carboxylic acids is 1. The molecule has 0 amide bonds. The van der Waals surface area contributed by atoms with Crippen molar-refractivity contribution in [2.45, 2.75) is 12.8 Å². The zero-order valence-corrected chi connectivity index (χ0v) is 13.2. The summed E-state index contributed by atoms with van der Waals surface area (Å²) in [5.74, 6) is -0.0335. The van der Waals surface area contributed by atoms with Gasteiger partial charge in [0.2, 0.25) is 0 Å². The summed E-state index contributed by atoms with van der Waals surface area (Å²) in [5, 5.41) is 8.70. The van der Waals surface area contributed by atoms with Crippen LogP contribution < -0.4 is 4.74 Å². The molecule has 0 fully saturated rings. The molecule has 0 aliphatic carbocycles. The highest BCUT2D eigenvalue weighted by Crippen LogP contribution is 2.12. The minimum atomic E-state index is -0.817. The fourth-order valence-electron chi connectivity index (χ4n) is 1.97. The highest BCUT2D eigenvalue weighted by atomic mass is 16.5. The maximum atomic E-state index is 10.6. The van der Waals surface area contributed by atoms with Crippen LogP contribution in [0.2, 0.25) is 0 Å². The minimum absolute atomic E-state index is 0.0505. The van der Waals surface area contributed by atoms with Gasteiger partial charge in [0.1, 0.15) is 12.4 Å². The van der Waals surface area contributed by atoms with Crippen molar-refractivity contribution in [1.29, 1.82) is 0 Å². The Kier molecular flexibility index (Phi) is 7.79. The van der Waals surface area contributed by atoms with Crippen LogP contribution in [-0.4, -0.2) is 68.3 Å². The Bertz CT molecular complexity index is 418. The normalized spacial score (nSPS) is 11.1. The number of rotatable bonds is 10. The van der Waals surface area contributed by atoms with Crippen LogP contribution >= 0.6 is 0 Å². The number of carbonyl (C=O) groups is 1. The summed E-state index contributed by atoms with van der Waals surface area (Å²) in [7, 11) is 6.25. The minimum Gasteiger partial charge on any atom is -0.492 e. The fraction of sp³-hybridized carbons (Fsp3) is 0.562. The molecule has 0 heterocycles. The number of hydrogen-bond acceptors (Lipinski definition) is 4. The van der Waals surface area contributed by atoms with Crippen molar-refractivity contribution in [3.63, 3.8) is 0 Å². The molecule has 0 saturated heterocycles. The first-order valence-electron chi connectivity index (χ1n) is 7.24. The first-order valence-corrected chi connectivity index (χ1v) is 7.24. The summed E-state index contributed by atoms with van der Waals surface area (Å²) in [6.45, 7) is 3.66. The van der Waals surface area contributed by atoms with E-state index in [0.29, 0.717) is 6.61 Å². The first-order chi connectivity index (χ1) is 9.97. The Balaban J connectivity index is 2.21. The van der Waals surface area contributed by atoms with Gasteiger partial charge in [-0.25, -0.2) is 0 Å². The van der Waals surface area contributed by atoms with Crippen molar-refractivity contribution in [1.82, 2.24) is 9.80 Å². The Hall–Kier alpha value is -1.59. The number of carboxylic acid groups (broad SMARTS) is 1. The monoisotopic (exact) mass is 294 g/mol. The molecule has 0 atom stereocenters. The van der Waals surface area contributed by atoms with E-state index < -0.39 is 5.97 Å². The van der Waals surface area contributed by atoms with Gasteiger partial charge in [-0.1, -0.05) is 12.1 Å². The van der Waals surface area contributed by atoms with E-state index in [9.17, 15) is 4.79 Å². The van der Waals surface area contributed by atoms with Gasteiger partial charge >= 0.3 is 5.97 Å². The van der Waals surface area contributed by atoms with Crippen LogP contribution in [-0.2, 0) is 11.2 Å². The highest BCUT2D eigenvalue weighted by molar-refractivity contribution is 5.70. The summed E-state index contributed by atoms with van der Waals surface area (Å²) >= 11 is 0. The third kappa shape index (κ3) is 8.32. The molecule has 1 aromatic carbocycles. The largest absolute Gasteiger partial charge is 0.492 e. The van der Waals surface area contributed by atoms with Crippen LogP contribution in [0, 0.1) is 0 Å². The molecule has 5 heteroatoms. The van der Waals surface area contributed by atoms with Gasteiger partial charge in [0.05, 0.1) is 6.42 Å². The van der Waals surface area contributed by atoms with E-state index in [0.717, 1.165) is 37.4 Å². The van der Waals surface area contributed by atoms with Crippen LogP contribution in [0.5, 0.6) is 5.75 Å². The van der Waals surface area contributed by atoms with E-state index >= 15 is 0 Å². The Morgan fingerprint density at radius 2 is 1.76 bits per heavy atom. The highest BCUT2D eigenvalue weighted by Gasteiger charge is 2.02. The molecule has 1 rings (SSSR count). The maximum absolute atomic E-state index is 10.6. The third-order valence-corrected chi connectivity index (χ3v) is 3.17. The second-order valence-corrected chi connectivity index (χ2v) is 5.52. The predicted octanol–water partition coefficient (Wildman–Crippen LogP) is 1.58. The summed E-state index contributed by atoms with van der Waals surface area (Å²) in [4.78, 5) is 15.0. The standard InChI is InChI=1S/C16H26N2O3/c1-17(2)9-4-10-18(3)11-12-21-15-7-5-14(6-8-15)13-16(19)20/h5-8H,4,9-13H2,1-3H3,(H,19,20). The quantitative estimate of drug-likeness (QED) is 0.710. The smallest absolute Gasteiger partial charge is 0.307 e. The van der Waals surface area contributed by atoms with Gasteiger partial charge in [0.25, 0.3) is 0 Å². The molecule has 0 saturated carbocycles. The van der Waals surface area contributed by atoms with Crippen LogP contribution in [0.25, 0.3) is 0 Å². The zero-order chi connectivity index (χ0) is 15.7. The Morgan fingerprint density at radius 3 is 2.33 bits per heavy atom.